The summed E-state index contributed by atoms with van der Waals surface area (Å²) in [7, 11) is 1.46. The quantitative estimate of drug-likeness (QED) is 0.906. The van der Waals surface area contributed by atoms with Crippen molar-refractivity contribution < 1.29 is 13.5 Å². The van der Waals surface area contributed by atoms with E-state index < -0.39 is 17.5 Å². The van der Waals surface area contributed by atoms with Crippen molar-refractivity contribution in [2.45, 2.75) is 0 Å². The molecule has 0 saturated heterocycles. The van der Waals surface area contributed by atoms with Crippen molar-refractivity contribution in [3.05, 3.63) is 45.9 Å². The van der Waals surface area contributed by atoms with Crippen LogP contribution in [0.2, 0.25) is 10.0 Å². The molecule has 0 unspecified atom stereocenters. The van der Waals surface area contributed by atoms with E-state index in [0.717, 1.165) is 0 Å². The van der Waals surface area contributed by atoms with Crippen LogP contribution in [0.4, 0.5) is 14.6 Å². The molecular formula is C12H8Cl2F2N2O. The van der Waals surface area contributed by atoms with Crippen molar-refractivity contribution in [1.82, 2.24) is 4.98 Å². The molecule has 0 atom stereocenters. The van der Waals surface area contributed by atoms with Gasteiger partial charge in [-0.1, -0.05) is 29.3 Å². The summed E-state index contributed by atoms with van der Waals surface area (Å²) in [5.74, 6) is -2.14. The standard InChI is InChI=1S/C12H8Cl2F2N2O/c1-17-11-7(15)5-8(16)12(18-11)19-9-4-2-3-6(13)10(9)14/h2-5H,1H3,(H,17,18). The molecule has 0 spiro atoms. The second-order valence-electron chi connectivity index (χ2n) is 3.51. The van der Waals surface area contributed by atoms with Gasteiger partial charge in [-0.15, -0.1) is 0 Å². The van der Waals surface area contributed by atoms with Crippen LogP contribution in [0.25, 0.3) is 0 Å². The summed E-state index contributed by atoms with van der Waals surface area (Å²) in [6.07, 6.45) is 0. The molecule has 1 N–H and O–H groups in total. The molecule has 100 valence electrons. The minimum atomic E-state index is -0.937. The fourth-order valence-electron chi connectivity index (χ4n) is 1.36. The fourth-order valence-corrected chi connectivity index (χ4v) is 1.69. The number of hydrogen-bond acceptors (Lipinski definition) is 3. The number of hydrogen-bond donors (Lipinski definition) is 1. The molecule has 0 amide bonds. The lowest BCUT2D eigenvalue weighted by atomic mass is 10.3. The molecule has 19 heavy (non-hydrogen) atoms. The molecule has 0 saturated carbocycles. The molecule has 1 heterocycles. The first-order valence-corrected chi connectivity index (χ1v) is 5.94. The van der Waals surface area contributed by atoms with Gasteiger partial charge in [0.05, 0.1) is 5.02 Å². The largest absolute Gasteiger partial charge is 0.435 e. The van der Waals surface area contributed by atoms with E-state index in [4.69, 9.17) is 27.9 Å². The van der Waals surface area contributed by atoms with E-state index >= 15 is 0 Å². The Kier molecular flexibility index (Phi) is 4.07. The first-order valence-electron chi connectivity index (χ1n) is 5.18. The van der Waals surface area contributed by atoms with Crippen LogP contribution in [0.15, 0.2) is 24.3 Å². The number of ether oxygens (including phenoxy) is 1. The van der Waals surface area contributed by atoms with Gasteiger partial charge in [-0.3, -0.25) is 0 Å². The molecule has 7 heteroatoms. The topological polar surface area (TPSA) is 34.2 Å². The van der Waals surface area contributed by atoms with Crippen molar-refractivity contribution in [2.75, 3.05) is 12.4 Å². The van der Waals surface area contributed by atoms with Gasteiger partial charge in [0.25, 0.3) is 5.88 Å². The van der Waals surface area contributed by atoms with Crippen LogP contribution in [-0.4, -0.2) is 12.0 Å². The molecule has 0 aliphatic carbocycles. The predicted octanol–water partition coefficient (Wildman–Crippen LogP) is 4.50. The molecule has 0 aliphatic heterocycles. The molecule has 0 fully saturated rings. The van der Waals surface area contributed by atoms with E-state index in [9.17, 15) is 8.78 Å². The first-order chi connectivity index (χ1) is 9.02. The third-order valence-corrected chi connectivity index (χ3v) is 3.06. The highest BCUT2D eigenvalue weighted by molar-refractivity contribution is 6.42. The summed E-state index contributed by atoms with van der Waals surface area (Å²) in [6.45, 7) is 0. The van der Waals surface area contributed by atoms with E-state index in [1.807, 2.05) is 0 Å². The lowest BCUT2D eigenvalue weighted by molar-refractivity contribution is 0.418. The van der Waals surface area contributed by atoms with Gasteiger partial charge in [-0.05, 0) is 12.1 Å². The van der Waals surface area contributed by atoms with Crippen molar-refractivity contribution in [3.63, 3.8) is 0 Å². The summed E-state index contributed by atoms with van der Waals surface area (Å²) in [5, 5.41) is 2.87. The van der Waals surface area contributed by atoms with Crippen molar-refractivity contribution >= 4 is 29.0 Å². The van der Waals surface area contributed by atoms with Gasteiger partial charge in [0.15, 0.2) is 17.5 Å². The van der Waals surface area contributed by atoms with E-state index in [0.29, 0.717) is 6.07 Å². The minimum Gasteiger partial charge on any atom is -0.435 e. The summed E-state index contributed by atoms with van der Waals surface area (Å²) in [5.41, 5.74) is 0. The highest BCUT2D eigenvalue weighted by atomic mass is 35.5. The second kappa shape index (κ2) is 5.59. The molecule has 2 rings (SSSR count). The average Bonchev–Trinajstić information content (AvgIpc) is 2.38. The van der Waals surface area contributed by atoms with Gasteiger partial charge in [0.1, 0.15) is 10.8 Å². The number of pyridine rings is 1. The van der Waals surface area contributed by atoms with Gasteiger partial charge in [-0.2, -0.15) is 4.98 Å². The van der Waals surface area contributed by atoms with Crippen LogP contribution in [0.3, 0.4) is 0 Å². The highest BCUT2D eigenvalue weighted by Crippen LogP contribution is 2.35. The number of anilines is 1. The monoisotopic (exact) mass is 304 g/mol. The van der Waals surface area contributed by atoms with Crippen molar-refractivity contribution in [1.29, 1.82) is 0 Å². The Hall–Kier alpha value is -1.59. The normalized spacial score (nSPS) is 10.4. The average molecular weight is 305 g/mol. The number of nitrogens with one attached hydrogen (secondary N) is 1. The van der Waals surface area contributed by atoms with Gasteiger partial charge >= 0.3 is 0 Å². The Morgan fingerprint density at radius 3 is 2.63 bits per heavy atom. The molecule has 1 aromatic carbocycles. The molecule has 0 radical (unpaired) electrons. The third-order valence-electron chi connectivity index (χ3n) is 2.26. The number of nitrogens with zero attached hydrogens (tertiary/aromatic N) is 1. The van der Waals surface area contributed by atoms with Crippen molar-refractivity contribution in [3.8, 4) is 11.6 Å². The van der Waals surface area contributed by atoms with E-state index in [1.165, 1.54) is 13.1 Å². The minimum absolute atomic E-state index is 0.126. The Bertz CT molecular complexity index is 623. The lowest BCUT2D eigenvalue weighted by Gasteiger charge is -2.10. The fraction of sp³-hybridized carbons (Fsp3) is 0.0833. The number of rotatable bonds is 3. The van der Waals surface area contributed by atoms with E-state index in [-0.39, 0.29) is 21.6 Å². The van der Waals surface area contributed by atoms with Crippen LogP contribution < -0.4 is 10.1 Å². The van der Waals surface area contributed by atoms with Crippen LogP contribution >= 0.6 is 23.2 Å². The highest BCUT2D eigenvalue weighted by Gasteiger charge is 2.15. The Balaban J connectivity index is 2.41. The van der Waals surface area contributed by atoms with E-state index in [2.05, 4.69) is 10.3 Å². The Labute approximate surface area is 118 Å². The molecule has 1 aromatic heterocycles. The molecule has 3 nitrogen and oxygen atoms in total. The molecule has 2 aromatic rings. The van der Waals surface area contributed by atoms with Gasteiger partial charge in [0, 0.05) is 13.1 Å². The maximum absolute atomic E-state index is 13.6. The Morgan fingerprint density at radius 2 is 1.95 bits per heavy atom. The number of aromatic nitrogens is 1. The summed E-state index contributed by atoms with van der Waals surface area (Å²) < 4.78 is 32.0. The van der Waals surface area contributed by atoms with Crippen LogP contribution in [0.1, 0.15) is 0 Å². The zero-order chi connectivity index (χ0) is 14.0. The van der Waals surface area contributed by atoms with Gasteiger partial charge in [0.2, 0.25) is 0 Å². The number of benzene rings is 1. The van der Waals surface area contributed by atoms with E-state index in [1.54, 1.807) is 12.1 Å². The number of halogens is 4. The smallest absolute Gasteiger partial charge is 0.258 e. The maximum Gasteiger partial charge on any atom is 0.258 e. The maximum atomic E-state index is 13.6. The second-order valence-corrected chi connectivity index (χ2v) is 4.29. The SMILES string of the molecule is CNc1nc(Oc2cccc(Cl)c2Cl)c(F)cc1F. The zero-order valence-electron chi connectivity index (χ0n) is 9.68. The summed E-state index contributed by atoms with van der Waals surface area (Å²) >= 11 is 11.7. The van der Waals surface area contributed by atoms with Crippen molar-refractivity contribution in [2.24, 2.45) is 0 Å². The molecule has 0 bridgehead atoms. The third kappa shape index (κ3) is 2.88. The first kappa shape index (κ1) is 13.8. The lowest BCUT2D eigenvalue weighted by Crippen LogP contribution is -2.01. The molecule has 0 aliphatic rings. The van der Waals surface area contributed by atoms with Crippen LogP contribution in [-0.2, 0) is 0 Å². The Morgan fingerprint density at radius 1 is 1.21 bits per heavy atom. The van der Waals surface area contributed by atoms with Gasteiger partial charge < -0.3 is 10.1 Å². The molecular weight excluding hydrogens is 297 g/mol. The zero-order valence-corrected chi connectivity index (χ0v) is 11.2. The van der Waals surface area contributed by atoms with Gasteiger partial charge in [-0.25, -0.2) is 8.78 Å². The van der Waals surface area contributed by atoms with Crippen LogP contribution in [0, 0.1) is 11.6 Å². The summed E-state index contributed by atoms with van der Waals surface area (Å²) in [6, 6.07) is 5.32. The summed E-state index contributed by atoms with van der Waals surface area (Å²) in [4.78, 5) is 3.67. The van der Waals surface area contributed by atoms with Crippen LogP contribution in [0.5, 0.6) is 11.6 Å². The predicted molar refractivity (Wildman–Crippen MR) is 70.2 cm³/mol.